The topological polar surface area (TPSA) is 58.6 Å². The molecule has 0 aliphatic heterocycles. The van der Waals surface area contributed by atoms with Crippen LogP contribution in [0.4, 0.5) is 0 Å². The van der Waals surface area contributed by atoms with E-state index in [-0.39, 0.29) is 25.0 Å². The van der Waals surface area contributed by atoms with Gasteiger partial charge in [-0.05, 0) is 49.2 Å². The monoisotopic (exact) mass is 514 g/mol. The summed E-state index contributed by atoms with van der Waals surface area (Å²) in [6.45, 7) is 4.39. The van der Waals surface area contributed by atoms with Gasteiger partial charge in [0.1, 0.15) is 11.8 Å². The maximum absolute atomic E-state index is 13.0. The minimum absolute atomic E-state index is 0.196. The van der Waals surface area contributed by atoms with Crippen molar-refractivity contribution in [2.45, 2.75) is 39.3 Å². The molecule has 0 bridgehead atoms. The van der Waals surface area contributed by atoms with E-state index >= 15 is 0 Å². The third kappa shape index (κ3) is 7.49. The summed E-state index contributed by atoms with van der Waals surface area (Å²) < 4.78 is 6.54. The Balaban J connectivity index is 2.12. The van der Waals surface area contributed by atoms with Crippen LogP contribution in [0.3, 0.4) is 0 Å². The zero-order valence-corrected chi connectivity index (χ0v) is 20.1. The molecule has 0 spiro atoms. The second kappa shape index (κ2) is 12.2. The zero-order chi connectivity index (χ0) is 22.1. The molecule has 0 aliphatic carbocycles. The van der Waals surface area contributed by atoms with Gasteiger partial charge < -0.3 is 15.0 Å². The highest BCUT2D eigenvalue weighted by molar-refractivity contribution is 9.10. The molecular weight excluding hydrogens is 491 g/mol. The van der Waals surface area contributed by atoms with Crippen LogP contribution < -0.4 is 10.1 Å². The lowest BCUT2D eigenvalue weighted by atomic mass is 10.1. The number of unbranched alkanes of at least 4 members (excludes halogenated alkanes) is 1. The van der Waals surface area contributed by atoms with Gasteiger partial charge in [0.2, 0.25) is 5.91 Å². The van der Waals surface area contributed by atoms with E-state index in [4.69, 9.17) is 27.9 Å². The van der Waals surface area contributed by atoms with Gasteiger partial charge in [-0.3, -0.25) is 9.59 Å². The predicted molar refractivity (Wildman–Crippen MR) is 124 cm³/mol. The minimum atomic E-state index is -0.651. The van der Waals surface area contributed by atoms with E-state index in [0.717, 1.165) is 22.9 Å². The first kappa shape index (κ1) is 24.5. The van der Waals surface area contributed by atoms with Crippen molar-refractivity contribution in [2.75, 3.05) is 13.2 Å². The van der Waals surface area contributed by atoms with E-state index in [9.17, 15) is 9.59 Å². The minimum Gasteiger partial charge on any atom is -0.482 e. The average Bonchev–Trinajstić information content (AvgIpc) is 2.72. The molecule has 8 heteroatoms. The Morgan fingerprint density at radius 2 is 1.87 bits per heavy atom. The molecule has 0 aromatic heterocycles. The van der Waals surface area contributed by atoms with Crippen molar-refractivity contribution in [1.82, 2.24) is 10.2 Å². The van der Waals surface area contributed by atoms with E-state index in [1.54, 1.807) is 25.1 Å². The van der Waals surface area contributed by atoms with E-state index < -0.39 is 6.04 Å². The quantitative estimate of drug-likeness (QED) is 0.427. The molecule has 0 saturated heterocycles. The first-order valence-corrected chi connectivity index (χ1v) is 11.3. The molecular formula is C22H25BrCl2N2O3. The van der Waals surface area contributed by atoms with Crippen molar-refractivity contribution in [1.29, 1.82) is 0 Å². The Morgan fingerprint density at radius 3 is 2.50 bits per heavy atom. The van der Waals surface area contributed by atoms with E-state index in [1.807, 2.05) is 24.3 Å². The summed E-state index contributed by atoms with van der Waals surface area (Å²) in [6, 6.07) is 11.7. The summed E-state index contributed by atoms with van der Waals surface area (Å²) in [6.07, 6.45) is 1.86. The second-order valence-corrected chi connectivity index (χ2v) is 8.59. The third-order valence-electron chi connectivity index (χ3n) is 4.51. The standard InChI is InChI=1S/C22H25BrCl2N2O3/c1-3-4-11-26-22(29)15(2)27(13-16-5-7-17(23)8-6-16)21(28)14-30-20-10-9-18(24)12-19(20)25/h5-10,12,15H,3-4,11,13-14H2,1-2H3,(H,26,29)/t15-/m0/s1. The van der Waals surface area contributed by atoms with Crippen molar-refractivity contribution in [3.8, 4) is 5.75 Å². The van der Waals surface area contributed by atoms with Gasteiger partial charge in [-0.25, -0.2) is 0 Å². The smallest absolute Gasteiger partial charge is 0.261 e. The highest BCUT2D eigenvalue weighted by Gasteiger charge is 2.26. The molecule has 0 fully saturated rings. The van der Waals surface area contributed by atoms with Gasteiger partial charge >= 0.3 is 0 Å². The summed E-state index contributed by atoms with van der Waals surface area (Å²) in [5.74, 6) is -0.154. The fraction of sp³-hybridized carbons (Fsp3) is 0.364. The molecule has 30 heavy (non-hydrogen) atoms. The van der Waals surface area contributed by atoms with Crippen LogP contribution in [-0.2, 0) is 16.1 Å². The fourth-order valence-corrected chi connectivity index (χ4v) is 3.45. The van der Waals surface area contributed by atoms with Gasteiger partial charge in [0.25, 0.3) is 5.91 Å². The van der Waals surface area contributed by atoms with Crippen LogP contribution in [0.5, 0.6) is 5.75 Å². The number of benzene rings is 2. The number of hydrogen-bond acceptors (Lipinski definition) is 3. The van der Waals surface area contributed by atoms with Gasteiger partial charge in [0, 0.05) is 22.6 Å². The number of ether oxygens (including phenoxy) is 1. The summed E-state index contributed by atoms with van der Waals surface area (Å²) in [5, 5.41) is 3.68. The molecule has 2 rings (SSSR count). The van der Waals surface area contributed by atoms with Crippen molar-refractivity contribution >= 4 is 50.9 Å². The number of rotatable bonds is 10. The van der Waals surface area contributed by atoms with Crippen molar-refractivity contribution < 1.29 is 14.3 Å². The summed E-state index contributed by atoms with van der Waals surface area (Å²) >= 11 is 15.4. The number of carbonyl (C=O) groups excluding carboxylic acids is 2. The van der Waals surface area contributed by atoms with Crippen molar-refractivity contribution in [3.63, 3.8) is 0 Å². The van der Waals surface area contributed by atoms with Gasteiger partial charge in [-0.2, -0.15) is 0 Å². The van der Waals surface area contributed by atoms with E-state index in [0.29, 0.717) is 22.3 Å². The van der Waals surface area contributed by atoms with Crippen molar-refractivity contribution in [2.24, 2.45) is 0 Å². The molecule has 0 aliphatic rings. The van der Waals surface area contributed by atoms with Crippen LogP contribution in [0.25, 0.3) is 0 Å². The summed E-state index contributed by atoms with van der Waals surface area (Å²) in [7, 11) is 0. The number of nitrogens with zero attached hydrogens (tertiary/aromatic N) is 1. The molecule has 1 N–H and O–H groups in total. The van der Waals surface area contributed by atoms with Crippen LogP contribution >= 0.6 is 39.1 Å². The summed E-state index contributed by atoms with van der Waals surface area (Å²) in [5.41, 5.74) is 0.907. The number of amides is 2. The van der Waals surface area contributed by atoms with Crippen LogP contribution in [0, 0.1) is 0 Å². The Morgan fingerprint density at radius 1 is 1.17 bits per heavy atom. The van der Waals surface area contributed by atoms with E-state index in [2.05, 4.69) is 28.2 Å². The second-order valence-electron chi connectivity index (χ2n) is 6.83. The highest BCUT2D eigenvalue weighted by Crippen LogP contribution is 2.27. The van der Waals surface area contributed by atoms with Gasteiger partial charge in [-0.1, -0.05) is 64.6 Å². The predicted octanol–water partition coefficient (Wildman–Crippen LogP) is 5.47. The van der Waals surface area contributed by atoms with Crippen LogP contribution in [0.2, 0.25) is 10.0 Å². The lowest BCUT2D eigenvalue weighted by molar-refractivity contribution is -0.142. The number of nitrogens with one attached hydrogen (secondary N) is 1. The lowest BCUT2D eigenvalue weighted by Crippen LogP contribution is -2.49. The van der Waals surface area contributed by atoms with Crippen molar-refractivity contribution in [3.05, 3.63) is 62.5 Å². The molecule has 2 aromatic carbocycles. The first-order valence-electron chi connectivity index (χ1n) is 9.71. The molecule has 2 aromatic rings. The Hall–Kier alpha value is -1.76. The molecule has 0 saturated carbocycles. The van der Waals surface area contributed by atoms with Crippen LogP contribution in [-0.4, -0.2) is 35.9 Å². The van der Waals surface area contributed by atoms with Crippen LogP contribution in [0.1, 0.15) is 32.3 Å². The fourth-order valence-electron chi connectivity index (χ4n) is 2.72. The number of carbonyl (C=O) groups is 2. The zero-order valence-electron chi connectivity index (χ0n) is 17.0. The number of halogens is 3. The normalized spacial score (nSPS) is 11.6. The van der Waals surface area contributed by atoms with E-state index in [1.165, 1.54) is 4.90 Å². The maximum atomic E-state index is 13.0. The van der Waals surface area contributed by atoms with Crippen LogP contribution in [0.15, 0.2) is 46.9 Å². The first-order chi connectivity index (χ1) is 14.3. The van der Waals surface area contributed by atoms with Gasteiger partial charge in [0.15, 0.2) is 6.61 Å². The molecule has 1 atom stereocenters. The summed E-state index contributed by atoms with van der Waals surface area (Å²) in [4.78, 5) is 27.1. The SMILES string of the molecule is CCCCNC(=O)[C@H](C)N(Cc1ccc(Br)cc1)C(=O)COc1ccc(Cl)cc1Cl. The average molecular weight is 516 g/mol. The van der Waals surface area contributed by atoms with Gasteiger partial charge in [0.05, 0.1) is 5.02 Å². The molecule has 5 nitrogen and oxygen atoms in total. The van der Waals surface area contributed by atoms with Gasteiger partial charge in [-0.15, -0.1) is 0 Å². The maximum Gasteiger partial charge on any atom is 0.261 e. The Bertz CT molecular complexity index is 862. The highest BCUT2D eigenvalue weighted by atomic mass is 79.9. The molecule has 0 unspecified atom stereocenters. The largest absolute Gasteiger partial charge is 0.482 e. The Labute approximate surface area is 195 Å². The third-order valence-corrected chi connectivity index (χ3v) is 5.57. The lowest BCUT2D eigenvalue weighted by Gasteiger charge is -2.29. The molecule has 2 amide bonds. The molecule has 0 heterocycles. The Kier molecular flexibility index (Phi) is 9.95. The molecule has 0 radical (unpaired) electrons. The molecule has 162 valence electrons. The number of hydrogen-bond donors (Lipinski definition) is 1.